The lowest BCUT2D eigenvalue weighted by molar-refractivity contribution is -0.136. The minimum Gasteiger partial charge on any atom is -0.466 e. The van der Waals surface area contributed by atoms with Crippen molar-refractivity contribution in [2.45, 2.75) is 13.3 Å². The molecule has 0 bridgehead atoms. The molecule has 1 aromatic heterocycles. The number of amidine groups is 1. The molecule has 1 fully saturated rings. The zero-order valence-corrected chi connectivity index (χ0v) is 11.7. The van der Waals surface area contributed by atoms with Crippen LogP contribution < -0.4 is 0 Å². The summed E-state index contributed by atoms with van der Waals surface area (Å²) >= 11 is 1.57. The molecule has 0 spiro atoms. The molecule has 1 aromatic rings. The molecule has 6 heteroatoms. The summed E-state index contributed by atoms with van der Waals surface area (Å²) in [5.41, 5.74) is 1.74. The molecule has 0 aliphatic carbocycles. The Bertz CT molecular complexity index is 562. The molecule has 3 rings (SSSR count). The number of allylic oxidation sites excluding steroid dienone is 1. The standard InChI is InChI=1S/C13H15N3O2S/c1-8-5-10-9(13(17)18-2)6-15-11(16(10)7-8)12-14-3-4-19-12/h3-4,8H,5-7H2,1-2H3. The maximum Gasteiger partial charge on any atom is 0.337 e. The van der Waals surface area contributed by atoms with E-state index in [1.54, 1.807) is 17.5 Å². The summed E-state index contributed by atoms with van der Waals surface area (Å²) in [5, 5.41) is 2.85. The van der Waals surface area contributed by atoms with Crippen LogP contribution in [0.2, 0.25) is 0 Å². The molecule has 5 nitrogen and oxygen atoms in total. The van der Waals surface area contributed by atoms with E-state index in [0.717, 1.165) is 29.5 Å². The van der Waals surface area contributed by atoms with Gasteiger partial charge in [0.25, 0.3) is 0 Å². The smallest absolute Gasteiger partial charge is 0.337 e. The van der Waals surface area contributed by atoms with Gasteiger partial charge in [-0.1, -0.05) is 6.92 Å². The number of esters is 1. The van der Waals surface area contributed by atoms with Crippen LogP contribution in [0.25, 0.3) is 0 Å². The first kappa shape index (κ1) is 12.3. The number of aromatic nitrogens is 1. The predicted molar refractivity (Wildman–Crippen MR) is 73.0 cm³/mol. The van der Waals surface area contributed by atoms with Crippen molar-refractivity contribution in [3.8, 4) is 0 Å². The molecule has 2 aliphatic heterocycles. The molecule has 3 heterocycles. The number of hydrogen-bond donors (Lipinski definition) is 0. The molecule has 0 N–H and O–H groups in total. The van der Waals surface area contributed by atoms with E-state index in [9.17, 15) is 4.79 Å². The van der Waals surface area contributed by atoms with Crippen molar-refractivity contribution in [2.24, 2.45) is 10.9 Å². The zero-order valence-electron chi connectivity index (χ0n) is 10.9. The van der Waals surface area contributed by atoms with Crippen LogP contribution in [-0.4, -0.2) is 41.9 Å². The summed E-state index contributed by atoms with van der Waals surface area (Å²) in [6.07, 6.45) is 2.68. The molecular formula is C13H15N3O2S. The van der Waals surface area contributed by atoms with Crippen LogP contribution in [-0.2, 0) is 9.53 Å². The van der Waals surface area contributed by atoms with Gasteiger partial charge in [-0.3, -0.25) is 4.99 Å². The lowest BCUT2D eigenvalue weighted by Gasteiger charge is -2.26. The van der Waals surface area contributed by atoms with E-state index in [-0.39, 0.29) is 5.97 Å². The summed E-state index contributed by atoms with van der Waals surface area (Å²) < 4.78 is 4.85. The predicted octanol–water partition coefficient (Wildman–Crippen LogP) is 1.67. The van der Waals surface area contributed by atoms with Crippen molar-refractivity contribution in [1.82, 2.24) is 9.88 Å². The lowest BCUT2D eigenvalue weighted by atomic mass is 10.1. The number of methoxy groups -OCH3 is 1. The number of aliphatic imine (C=N–C) groups is 1. The number of ether oxygens (including phenoxy) is 1. The third-order valence-corrected chi connectivity index (χ3v) is 4.18. The Morgan fingerprint density at radius 3 is 3.11 bits per heavy atom. The fraction of sp³-hybridized carbons (Fsp3) is 0.462. The second-order valence-corrected chi connectivity index (χ2v) is 5.71. The van der Waals surface area contributed by atoms with Gasteiger partial charge in [0.15, 0.2) is 10.8 Å². The number of nitrogens with zero attached hydrogens (tertiary/aromatic N) is 3. The highest BCUT2D eigenvalue weighted by atomic mass is 32.1. The van der Waals surface area contributed by atoms with Gasteiger partial charge in [-0.25, -0.2) is 9.78 Å². The molecule has 0 saturated carbocycles. The fourth-order valence-electron chi connectivity index (χ4n) is 2.58. The molecule has 1 saturated heterocycles. The van der Waals surface area contributed by atoms with Crippen molar-refractivity contribution in [1.29, 1.82) is 0 Å². The van der Waals surface area contributed by atoms with Crippen LogP contribution in [0.4, 0.5) is 0 Å². The van der Waals surface area contributed by atoms with Gasteiger partial charge in [0.05, 0.1) is 19.2 Å². The highest BCUT2D eigenvalue weighted by molar-refractivity contribution is 7.11. The van der Waals surface area contributed by atoms with Gasteiger partial charge < -0.3 is 9.64 Å². The Morgan fingerprint density at radius 1 is 1.58 bits per heavy atom. The third-order valence-electron chi connectivity index (χ3n) is 3.41. The van der Waals surface area contributed by atoms with Crippen molar-refractivity contribution >= 4 is 23.1 Å². The topological polar surface area (TPSA) is 54.8 Å². The fourth-order valence-corrected chi connectivity index (χ4v) is 3.23. The first-order chi connectivity index (χ1) is 9.20. The van der Waals surface area contributed by atoms with Crippen LogP contribution in [0, 0.1) is 5.92 Å². The normalized spacial score (nSPS) is 22.3. The minimum atomic E-state index is -0.268. The molecule has 0 amide bonds. The van der Waals surface area contributed by atoms with Crippen LogP contribution >= 0.6 is 11.3 Å². The Kier molecular flexibility index (Phi) is 3.10. The molecule has 1 unspecified atom stereocenters. The summed E-state index contributed by atoms with van der Waals surface area (Å²) in [7, 11) is 1.42. The van der Waals surface area contributed by atoms with E-state index >= 15 is 0 Å². The van der Waals surface area contributed by atoms with E-state index < -0.39 is 0 Å². The van der Waals surface area contributed by atoms with Gasteiger partial charge in [0.2, 0.25) is 0 Å². The van der Waals surface area contributed by atoms with Gasteiger partial charge in [-0.15, -0.1) is 11.3 Å². The van der Waals surface area contributed by atoms with Gasteiger partial charge in [-0.2, -0.15) is 0 Å². The number of carbonyl (C=O) groups is 1. The van der Waals surface area contributed by atoms with Crippen LogP contribution in [0.3, 0.4) is 0 Å². The van der Waals surface area contributed by atoms with Gasteiger partial charge in [0.1, 0.15) is 0 Å². The maximum absolute atomic E-state index is 11.8. The van der Waals surface area contributed by atoms with E-state index in [1.807, 2.05) is 5.38 Å². The maximum atomic E-state index is 11.8. The zero-order chi connectivity index (χ0) is 13.4. The Labute approximate surface area is 115 Å². The monoisotopic (exact) mass is 277 g/mol. The van der Waals surface area contributed by atoms with Crippen molar-refractivity contribution in [3.05, 3.63) is 27.9 Å². The number of thiazole rings is 1. The van der Waals surface area contributed by atoms with Gasteiger partial charge in [-0.05, 0) is 12.3 Å². The van der Waals surface area contributed by atoms with Crippen LogP contribution in [0.1, 0.15) is 18.4 Å². The number of carbonyl (C=O) groups excluding carboxylic acids is 1. The Hall–Kier alpha value is -1.69. The molecule has 0 radical (unpaired) electrons. The van der Waals surface area contributed by atoms with Crippen molar-refractivity contribution < 1.29 is 9.53 Å². The molecule has 19 heavy (non-hydrogen) atoms. The van der Waals surface area contributed by atoms with E-state index in [0.29, 0.717) is 18.0 Å². The number of hydrogen-bond acceptors (Lipinski definition) is 6. The highest BCUT2D eigenvalue weighted by Gasteiger charge is 2.35. The molecule has 100 valence electrons. The van der Waals surface area contributed by atoms with Crippen molar-refractivity contribution in [2.75, 3.05) is 20.2 Å². The molecule has 2 aliphatic rings. The summed E-state index contributed by atoms with van der Waals surface area (Å²) in [6, 6.07) is 0. The second-order valence-electron chi connectivity index (χ2n) is 4.81. The van der Waals surface area contributed by atoms with Gasteiger partial charge in [0, 0.05) is 23.8 Å². The molecule has 1 atom stereocenters. The lowest BCUT2D eigenvalue weighted by Crippen LogP contribution is -2.34. The van der Waals surface area contributed by atoms with E-state index in [2.05, 4.69) is 21.8 Å². The number of fused-ring (bicyclic) bond motifs is 1. The largest absolute Gasteiger partial charge is 0.466 e. The average molecular weight is 277 g/mol. The second kappa shape index (κ2) is 4.77. The average Bonchev–Trinajstić information content (AvgIpc) is 3.04. The minimum absolute atomic E-state index is 0.268. The Morgan fingerprint density at radius 2 is 2.42 bits per heavy atom. The SMILES string of the molecule is COC(=O)C1=C2CC(C)CN2C(c2nccs2)=NC1. The van der Waals surface area contributed by atoms with E-state index in [4.69, 9.17) is 4.74 Å². The third kappa shape index (κ3) is 2.06. The molecular weight excluding hydrogens is 262 g/mol. The van der Waals surface area contributed by atoms with Crippen LogP contribution in [0.15, 0.2) is 27.8 Å². The Balaban J connectivity index is 1.99. The quantitative estimate of drug-likeness (QED) is 0.772. The van der Waals surface area contributed by atoms with Gasteiger partial charge >= 0.3 is 5.97 Å². The molecule has 0 aromatic carbocycles. The van der Waals surface area contributed by atoms with Crippen molar-refractivity contribution in [3.63, 3.8) is 0 Å². The summed E-state index contributed by atoms with van der Waals surface area (Å²) in [6.45, 7) is 3.45. The first-order valence-electron chi connectivity index (χ1n) is 6.23. The van der Waals surface area contributed by atoms with E-state index in [1.165, 1.54) is 7.11 Å². The summed E-state index contributed by atoms with van der Waals surface area (Å²) in [5.74, 6) is 1.14. The number of rotatable bonds is 2. The first-order valence-corrected chi connectivity index (χ1v) is 7.11. The summed E-state index contributed by atoms with van der Waals surface area (Å²) in [4.78, 5) is 22.8. The highest BCUT2D eigenvalue weighted by Crippen LogP contribution is 2.34. The van der Waals surface area contributed by atoms with Crippen LogP contribution in [0.5, 0.6) is 0 Å².